The zero-order chi connectivity index (χ0) is 14.7. The quantitative estimate of drug-likeness (QED) is 0.874. The molecule has 1 aromatic heterocycles. The molecular formula is C15H21N3O2. The molecule has 5 heteroatoms. The van der Waals surface area contributed by atoms with Gasteiger partial charge in [0.05, 0.1) is 0 Å². The first-order valence-electron chi connectivity index (χ1n) is 6.90. The highest BCUT2D eigenvalue weighted by Crippen LogP contribution is 2.25. The summed E-state index contributed by atoms with van der Waals surface area (Å²) in [6.45, 7) is 5.96. The van der Waals surface area contributed by atoms with Crippen LogP contribution in [0.25, 0.3) is 11.5 Å². The normalized spacial score (nSPS) is 14.5. The van der Waals surface area contributed by atoms with Gasteiger partial charge in [0.1, 0.15) is 6.10 Å². The molecule has 20 heavy (non-hydrogen) atoms. The Labute approximate surface area is 118 Å². The maximum absolute atomic E-state index is 10.1. The average Bonchev–Trinajstić information content (AvgIpc) is 2.95. The van der Waals surface area contributed by atoms with Crippen LogP contribution in [0.2, 0.25) is 0 Å². The average molecular weight is 275 g/mol. The third-order valence-electron chi connectivity index (χ3n) is 3.47. The lowest BCUT2D eigenvalue weighted by molar-refractivity contribution is 0.114. The number of aliphatic hydroxyl groups excluding tert-OH is 1. The van der Waals surface area contributed by atoms with Gasteiger partial charge in [-0.2, -0.15) is 4.98 Å². The lowest BCUT2D eigenvalue weighted by atomic mass is 9.99. The first-order chi connectivity index (χ1) is 9.54. The predicted octanol–water partition coefficient (Wildman–Crippen LogP) is 2.32. The van der Waals surface area contributed by atoms with Gasteiger partial charge in [-0.25, -0.2) is 0 Å². The molecule has 0 aliphatic heterocycles. The predicted molar refractivity (Wildman–Crippen MR) is 76.9 cm³/mol. The summed E-state index contributed by atoms with van der Waals surface area (Å²) in [5.74, 6) is 0.800. The van der Waals surface area contributed by atoms with Crippen molar-refractivity contribution in [3.8, 4) is 11.5 Å². The van der Waals surface area contributed by atoms with Gasteiger partial charge in [-0.1, -0.05) is 44.1 Å². The third-order valence-corrected chi connectivity index (χ3v) is 3.47. The molecule has 0 saturated heterocycles. The lowest BCUT2D eigenvalue weighted by Gasteiger charge is -2.18. The minimum Gasteiger partial charge on any atom is -0.383 e. The van der Waals surface area contributed by atoms with E-state index < -0.39 is 12.1 Å². The highest BCUT2D eigenvalue weighted by molar-refractivity contribution is 5.58. The van der Waals surface area contributed by atoms with Crippen LogP contribution < -0.4 is 5.73 Å². The highest BCUT2D eigenvalue weighted by Gasteiger charge is 2.25. The molecule has 2 atom stereocenters. The van der Waals surface area contributed by atoms with Crippen LogP contribution in [0, 0.1) is 5.92 Å². The van der Waals surface area contributed by atoms with Gasteiger partial charge in [-0.15, -0.1) is 0 Å². The maximum Gasteiger partial charge on any atom is 0.258 e. The van der Waals surface area contributed by atoms with Crippen LogP contribution in [-0.2, 0) is 6.42 Å². The van der Waals surface area contributed by atoms with Gasteiger partial charge in [0.25, 0.3) is 5.89 Å². The molecule has 5 nitrogen and oxygen atoms in total. The first-order valence-corrected chi connectivity index (χ1v) is 6.90. The van der Waals surface area contributed by atoms with Gasteiger partial charge < -0.3 is 15.4 Å². The van der Waals surface area contributed by atoms with Crippen LogP contribution in [-0.4, -0.2) is 21.3 Å². The standard InChI is InChI=1S/C15H21N3O2/c1-4-10-7-5-6-8-11(10)15-17-14(18-20-15)13(19)12(16)9(2)3/h5-9,12-13,19H,4,16H2,1-3H3/t12-,13?/m0/s1. The number of rotatable bonds is 5. The number of nitrogens with two attached hydrogens (primary N) is 1. The van der Waals surface area contributed by atoms with E-state index in [1.54, 1.807) is 0 Å². The summed E-state index contributed by atoms with van der Waals surface area (Å²) < 4.78 is 5.27. The molecule has 0 amide bonds. The van der Waals surface area contributed by atoms with Crippen molar-refractivity contribution in [2.45, 2.75) is 39.3 Å². The monoisotopic (exact) mass is 275 g/mol. The molecule has 3 N–H and O–H groups in total. The summed E-state index contributed by atoms with van der Waals surface area (Å²) in [5, 5.41) is 14.0. The van der Waals surface area contributed by atoms with Crippen molar-refractivity contribution in [2.24, 2.45) is 11.7 Å². The Hall–Kier alpha value is -1.72. The summed E-state index contributed by atoms with van der Waals surface area (Å²) in [6.07, 6.45) is -0.0385. The molecule has 0 spiro atoms. The Balaban J connectivity index is 2.29. The molecule has 0 bridgehead atoms. The SMILES string of the molecule is CCc1ccccc1-c1nc(C(O)[C@@H](N)C(C)C)no1. The Bertz CT molecular complexity index is 566. The molecule has 2 rings (SSSR count). The molecule has 0 saturated carbocycles. The summed E-state index contributed by atoms with van der Waals surface area (Å²) in [4.78, 5) is 4.28. The maximum atomic E-state index is 10.1. The van der Waals surface area contributed by atoms with E-state index in [0.29, 0.717) is 5.89 Å². The number of benzene rings is 1. The van der Waals surface area contributed by atoms with Gasteiger partial charge in [0.2, 0.25) is 5.82 Å². The summed E-state index contributed by atoms with van der Waals surface area (Å²) in [5.41, 5.74) is 7.96. The van der Waals surface area contributed by atoms with Crippen molar-refractivity contribution in [2.75, 3.05) is 0 Å². The second-order valence-electron chi connectivity index (χ2n) is 5.23. The fourth-order valence-electron chi connectivity index (χ4n) is 2.04. The Morgan fingerprint density at radius 1 is 1.30 bits per heavy atom. The smallest absolute Gasteiger partial charge is 0.258 e. The molecular weight excluding hydrogens is 254 g/mol. The van der Waals surface area contributed by atoms with E-state index in [-0.39, 0.29) is 11.7 Å². The fraction of sp³-hybridized carbons (Fsp3) is 0.467. The zero-order valence-corrected chi connectivity index (χ0v) is 12.1. The van der Waals surface area contributed by atoms with E-state index in [4.69, 9.17) is 10.3 Å². The zero-order valence-electron chi connectivity index (χ0n) is 12.1. The van der Waals surface area contributed by atoms with Crippen LogP contribution in [0.1, 0.15) is 38.3 Å². The van der Waals surface area contributed by atoms with Gasteiger partial charge in [0.15, 0.2) is 0 Å². The van der Waals surface area contributed by atoms with Crippen LogP contribution in [0.5, 0.6) is 0 Å². The van der Waals surface area contributed by atoms with Gasteiger partial charge in [-0.3, -0.25) is 0 Å². The molecule has 1 aromatic carbocycles. The number of hydrogen-bond donors (Lipinski definition) is 2. The van der Waals surface area contributed by atoms with Crippen molar-refractivity contribution in [3.63, 3.8) is 0 Å². The number of aryl methyl sites for hydroxylation is 1. The highest BCUT2D eigenvalue weighted by atomic mass is 16.5. The largest absolute Gasteiger partial charge is 0.383 e. The minimum absolute atomic E-state index is 0.134. The molecule has 0 radical (unpaired) electrons. The van der Waals surface area contributed by atoms with Crippen LogP contribution in [0.3, 0.4) is 0 Å². The van der Waals surface area contributed by atoms with E-state index in [1.165, 1.54) is 0 Å². The molecule has 2 aromatic rings. The van der Waals surface area contributed by atoms with Crippen LogP contribution in [0.15, 0.2) is 28.8 Å². The Kier molecular flexibility index (Phi) is 4.52. The first kappa shape index (κ1) is 14.7. The third kappa shape index (κ3) is 2.89. The second-order valence-corrected chi connectivity index (χ2v) is 5.23. The number of hydrogen-bond acceptors (Lipinski definition) is 5. The number of aromatic nitrogens is 2. The topological polar surface area (TPSA) is 85.2 Å². The summed E-state index contributed by atoms with van der Waals surface area (Å²) in [6, 6.07) is 7.44. The van der Waals surface area contributed by atoms with Gasteiger partial charge >= 0.3 is 0 Å². The second kappa shape index (κ2) is 6.15. The lowest BCUT2D eigenvalue weighted by Crippen LogP contribution is -2.34. The van der Waals surface area contributed by atoms with Gasteiger partial charge in [-0.05, 0) is 24.0 Å². The van der Waals surface area contributed by atoms with Gasteiger partial charge in [0, 0.05) is 11.6 Å². The van der Waals surface area contributed by atoms with E-state index in [0.717, 1.165) is 17.5 Å². The summed E-state index contributed by atoms with van der Waals surface area (Å²) >= 11 is 0. The van der Waals surface area contributed by atoms with Crippen LogP contribution in [0.4, 0.5) is 0 Å². The van der Waals surface area contributed by atoms with E-state index in [9.17, 15) is 5.11 Å². The number of nitrogens with zero attached hydrogens (tertiary/aromatic N) is 2. The minimum atomic E-state index is -0.915. The van der Waals surface area contributed by atoms with Crippen LogP contribution >= 0.6 is 0 Å². The van der Waals surface area contributed by atoms with Crippen molar-refractivity contribution in [3.05, 3.63) is 35.7 Å². The molecule has 0 aliphatic rings. The number of aliphatic hydroxyl groups is 1. The Morgan fingerprint density at radius 3 is 2.65 bits per heavy atom. The van der Waals surface area contributed by atoms with Crippen molar-refractivity contribution in [1.29, 1.82) is 0 Å². The fourth-order valence-corrected chi connectivity index (χ4v) is 2.04. The molecule has 1 unspecified atom stereocenters. The van der Waals surface area contributed by atoms with E-state index >= 15 is 0 Å². The summed E-state index contributed by atoms with van der Waals surface area (Å²) in [7, 11) is 0. The Morgan fingerprint density at radius 2 is 2.00 bits per heavy atom. The molecule has 0 fully saturated rings. The molecule has 1 heterocycles. The van der Waals surface area contributed by atoms with Crippen molar-refractivity contribution < 1.29 is 9.63 Å². The van der Waals surface area contributed by atoms with E-state index in [2.05, 4.69) is 17.1 Å². The van der Waals surface area contributed by atoms with Crippen molar-refractivity contribution >= 4 is 0 Å². The molecule has 108 valence electrons. The van der Waals surface area contributed by atoms with Crippen molar-refractivity contribution in [1.82, 2.24) is 10.1 Å². The van der Waals surface area contributed by atoms with E-state index in [1.807, 2.05) is 38.1 Å². The molecule has 0 aliphatic carbocycles.